The summed E-state index contributed by atoms with van der Waals surface area (Å²) in [6.07, 6.45) is 28.5. The average molecular weight is 563 g/mol. The highest BCUT2D eigenvalue weighted by atomic mass is 14.5. The number of rotatable bonds is 0. The van der Waals surface area contributed by atoms with Crippen molar-refractivity contribution in [2.24, 2.45) is 59.2 Å². The van der Waals surface area contributed by atoms with Crippen LogP contribution in [-0.4, -0.2) is 0 Å². The molecule has 0 spiro atoms. The Morgan fingerprint density at radius 2 is 0.525 bits per heavy atom. The molecule has 9 rings (SSSR count). The minimum atomic E-state index is 1.16. The van der Waals surface area contributed by atoms with Gasteiger partial charge in [0.05, 0.1) is 0 Å². The molecule has 0 N–H and O–H groups in total. The van der Waals surface area contributed by atoms with E-state index in [1.165, 1.54) is 47.3 Å². The molecule has 9 aliphatic carbocycles. The van der Waals surface area contributed by atoms with E-state index in [0.29, 0.717) is 0 Å². The smallest absolute Gasteiger partial charge is 0.0355 e. The molecule has 9 fully saturated rings. The van der Waals surface area contributed by atoms with E-state index >= 15 is 0 Å². The van der Waals surface area contributed by atoms with Gasteiger partial charge in [-0.25, -0.2) is 0 Å². The molecule has 0 amide bonds. The first-order valence-electron chi connectivity index (χ1n) is 19.8. The van der Waals surface area contributed by atoms with Crippen LogP contribution in [0.4, 0.5) is 0 Å². The maximum absolute atomic E-state index is 2.00. The van der Waals surface area contributed by atoms with Gasteiger partial charge in [0.25, 0.3) is 0 Å². The fraction of sp³-hybridized carbons (Fsp3) is 1.00. The highest BCUT2D eigenvalue weighted by molar-refractivity contribution is 4.99. The van der Waals surface area contributed by atoms with Crippen LogP contribution in [0.25, 0.3) is 0 Å². The highest BCUT2D eigenvalue weighted by Crippen LogP contribution is 2.58. The zero-order valence-corrected chi connectivity index (χ0v) is 30.5. The van der Waals surface area contributed by atoms with E-state index in [2.05, 4.69) is 0 Å². The Labute approximate surface area is 257 Å². The average Bonchev–Trinajstić information content (AvgIpc) is 3.89. The predicted octanol–water partition coefficient (Wildman–Crippen LogP) is 14.4. The fourth-order valence-corrected chi connectivity index (χ4v) is 10.3. The van der Waals surface area contributed by atoms with Gasteiger partial charge in [-0.15, -0.1) is 0 Å². The lowest BCUT2D eigenvalue weighted by atomic mass is 9.68. The summed E-state index contributed by atoms with van der Waals surface area (Å²) >= 11 is 0. The van der Waals surface area contributed by atoms with Gasteiger partial charge in [-0.1, -0.05) is 128 Å². The minimum absolute atomic E-state index is 1.16. The van der Waals surface area contributed by atoms with Crippen molar-refractivity contribution < 1.29 is 0 Å². The summed E-state index contributed by atoms with van der Waals surface area (Å²) in [6, 6.07) is 0. The number of fused-ring (bicyclic) bond motifs is 8. The van der Waals surface area contributed by atoms with E-state index < -0.39 is 0 Å². The van der Waals surface area contributed by atoms with Crippen LogP contribution in [0.15, 0.2) is 0 Å². The van der Waals surface area contributed by atoms with Gasteiger partial charge < -0.3 is 0 Å². The van der Waals surface area contributed by atoms with Crippen molar-refractivity contribution in [3.63, 3.8) is 0 Å². The van der Waals surface area contributed by atoms with Crippen LogP contribution < -0.4 is 0 Å². The summed E-state index contributed by atoms with van der Waals surface area (Å²) in [7, 11) is 0. The number of hydrogen-bond donors (Lipinski definition) is 0. The molecule has 0 aromatic carbocycles. The van der Waals surface area contributed by atoms with Gasteiger partial charge in [0.1, 0.15) is 0 Å². The maximum Gasteiger partial charge on any atom is -0.0355 e. The summed E-state index contributed by atoms with van der Waals surface area (Å²) in [5.74, 6) is 11.8. The molecule has 9 saturated carbocycles. The Bertz CT molecular complexity index is 468. The van der Waals surface area contributed by atoms with Gasteiger partial charge in [0.2, 0.25) is 0 Å². The third-order valence-electron chi connectivity index (χ3n) is 11.3. The Morgan fingerprint density at radius 1 is 0.250 bits per heavy atom. The quantitative estimate of drug-likeness (QED) is 0.275. The Morgan fingerprint density at radius 3 is 0.825 bits per heavy atom. The third kappa shape index (κ3) is 11.9. The van der Waals surface area contributed by atoms with Gasteiger partial charge in [-0.3, -0.25) is 0 Å². The Hall–Kier alpha value is 0. The van der Waals surface area contributed by atoms with Crippen molar-refractivity contribution in [2.45, 2.75) is 199 Å². The van der Waals surface area contributed by atoms with E-state index in [1.807, 2.05) is 83.1 Å². The van der Waals surface area contributed by atoms with Crippen LogP contribution >= 0.6 is 0 Å². The van der Waals surface area contributed by atoms with Crippen LogP contribution in [0.5, 0.6) is 0 Å². The van der Waals surface area contributed by atoms with Crippen LogP contribution in [0.1, 0.15) is 199 Å². The SMILES string of the molecule is C1CC2C3CCC(C3)C2C1.C1CC2CC3CC1CC(C2)C3.C1CC2CCC1C2.CC.CC.CC.CC.CC.CC. The van der Waals surface area contributed by atoms with E-state index in [0.717, 1.165) is 11.8 Å². The largest absolute Gasteiger partial charge is 0.0683 e. The first-order chi connectivity index (χ1) is 19.8. The molecule has 0 nitrogen and oxygen atoms in total. The van der Waals surface area contributed by atoms with Crippen molar-refractivity contribution in [3.05, 3.63) is 0 Å². The van der Waals surface area contributed by atoms with Crippen LogP contribution in [0.3, 0.4) is 0 Å². The normalized spacial score (nSPS) is 38.7. The maximum atomic E-state index is 2.00. The lowest BCUT2D eigenvalue weighted by Crippen LogP contribution is -2.26. The molecule has 4 atom stereocenters. The molecule has 40 heavy (non-hydrogen) atoms. The van der Waals surface area contributed by atoms with Crippen molar-refractivity contribution in [2.75, 3.05) is 0 Å². The molecule has 0 heteroatoms. The minimum Gasteiger partial charge on any atom is -0.0683 e. The highest BCUT2D eigenvalue weighted by Gasteiger charge is 2.48. The zero-order chi connectivity index (χ0) is 30.5. The fourth-order valence-electron chi connectivity index (χ4n) is 10.3. The van der Waals surface area contributed by atoms with Gasteiger partial charge in [-0.2, -0.15) is 0 Å². The second kappa shape index (κ2) is 24.4. The first-order valence-corrected chi connectivity index (χ1v) is 19.8. The monoisotopic (exact) mass is 563 g/mol. The van der Waals surface area contributed by atoms with E-state index in [4.69, 9.17) is 0 Å². The molecule has 0 aromatic heterocycles. The van der Waals surface area contributed by atoms with E-state index in [9.17, 15) is 0 Å². The van der Waals surface area contributed by atoms with Gasteiger partial charge in [0.15, 0.2) is 0 Å². The molecule has 8 bridgehead atoms. The number of hydrogen-bond acceptors (Lipinski definition) is 0. The zero-order valence-electron chi connectivity index (χ0n) is 30.5. The lowest BCUT2D eigenvalue weighted by molar-refractivity contribution is 0.134. The van der Waals surface area contributed by atoms with Crippen molar-refractivity contribution >= 4 is 0 Å². The van der Waals surface area contributed by atoms with Crippen molar-refractivity contribution in [1.82, 2.24) is 0 Å². The van der Waals surface area contributed by atoms with Crippen molar-refractivity contribution in [3.8, 4) is 0 Å². The molecule has 0 aliphatic heterocycles. The second-order valence-electron chi connectivity index (χ2n) is 12.9. The predicted molar refractivity (Wildman–Crippen MR) is 186 cm³/mol. The van der Waals surface area contributed by atoms with Gasteiger partial charge >= 0.3 is 0 Å². The van der Waals surface area contributed by atoms with Crippen LogP contribution in [0, 0.1) is 59.2 Å². The molecular formula is C40H82. The molecule has 0 aromatic rings. The van der Waals surface area contributed by atoms with Crippen molar-refractivity contribution in [1.29, 1.82) is 0 Å². The standard InChI is InChI=1S/C11H18.C10H16.C7H12.6C2H6/c1-2-9-5-10-3-8(1)4-11(6-9)7-10;1-2-9-7-4-5-8(6-7)10(9)3-1;1-2-7-4-3-6(1)5-7;6*1-2/h8-11H,1-7H2;7-10H,1-6H2;6-7H,1-5H2;6*1-2H3. The molecular weight excluding hydrogens is 480 g/mol. The Kier molecular flexibility index (Phi) is 24.4. The topological polar surface area (TPSA) is 0 Å². The molecule has 242 valence electrons. The summed E-state index contributed by atoms with van der Waals surface area (Å²) in [6.45, 7) is 24.0. The van der Waals surface area contributed by atoms with Crippen LogP contribution in [0.2, 0.25) is 0 Å². The molecule has 0 radical (unpaired) electrons. The first kappa shape index (κ1) is 40.0. The second-order valence-corrected chi connectivity index (χ2v) is 12.9. The lowest BCUT2D eigenvalue weighted by Gasteiger charge is -2.38. The van der Waals surface area contributed by atoms with E-state index in [-0.39, 0.29) is 0 Å². The summed E-state index contributed by atoms with van der Waals surface area (Å²) in [4.78, 5) is 0. The third-order valence-corrected chi connectivity index (χ3v) is 11.3. The Balaban J connectivity index is 0.000000487. The summed E-state index contributed by atoms with van der Waals surface area (Å²) in [5, 5.41) is 0. The summed E-state index contributed by atoms with van der Waals surface area (Å²) < 4.78 is 0. The molecule has 4 unspecified atom stereocenters. The van der Waals surface area contributed by atoms with E-state index in [1.54, 1.807) is 116 Å². The van der Waals surface area contributed by atoms with Crippen LogP contribution in [-0.2, 0) is 0 Å². The van der Waals surface area contributed by atoms with Gasteiger partial charge in [-0.05, 0) is 130 Å². The van der Waals surface area contributed by atoms with Gasteiger partial charge in [0, 0.05) is 0 Å². The molecule has 9 aliphatic rings. The molecule has 0 saturated heterocycles. The molecule has 0 heterocycles. The summed E-state index contributed by atoms with van der Waals surface area (Å²) in [5.41, 5.74) is 0.